The molecule has 0 saturated heterocycles. The smallest absolute Gasteiger partial charge is 0.341 e. The first-order valence-corrected chi connectivity index (χ1v) is 5.78. The molecule has 0 radical (unpaired) electrons. The fraction of sp³-hybridized carbons (Fsp3) is 0.500. The van der Waals surface area contributed by atoms with E-state index >= 15 is 0 Å². The molecule has 0 aliphatic carbocycles. The minimum absolute atomic E-state index is 0.112. The zero-order valence-corrected chi connectivity index (χ0v) is 11.0. The monoisotopic (exact) mass is 261 g/mol. The van der Waals surface area contributed by atoms with Gasteiger partial charge in [-0.05, 0) is 6.92 Å². The Morgan fingerprint density at radius 3 is 2.63 bits per heavy atom. The molecular weight excluding hydrogens is 246 g/mol. The first-order chi connectivity index (χ1) is 9.13. The lowest BCUT2D eigenvalue weighted by molar-refractivity contribution is 0.0524. The number of esters is 1. The van der Waals surface area contributed by atoms with Gasteiger partial charge in [0.25, 0.3) is 0 Å². The highest BCUT2D eigenvalue weighted by molar-refractivity contribution is 5.90. The van der Waals surface area contributed by atoms with Crippen molar-refractivity contribution >= 4 is 5.97 Å². The summed E-state index contributed by atoms with van der Waals surface area (Å²) in [7, 11) is 1.70. The predicted molar refractivity (Wildman–Crippen MR) is 65.7 cm³/mol. The van der Waals surface area contributed by atoms with Crippen molar-refractivity contribution in [1.82, 2.24) is 14.7 Å². The molecule has 0 fully saturated rings. The lowest BCUT2D eigenvalue weighted by Crippen LogP contribution is -2.26. The van der Waals surface area contributed by atoms with Gasteiger partial charge in [-0.2, -0.15) is 15.6 Å². The number of hydrogen-bond acceptors (Lipinski definition) is 6. The van der Waals surface area contributed by atoms with Gasteiger partial charge in [0.1, 0.15) is 5.56 Å². The molecule has 7 heteroatoms. The van der Waals surface area contributed by atoms with Gasteiger partial charge >= 0.3 is 5.97 Å². The third kappa shape index (κ3) is 3.80. The Kier molecular flexibility index (Phi) is 5.52. The number of ether oxygens (including phenoxy) is 1. The van der Waals surface area contributed by atoms with Crippen molar-refractivity contribution in [3.05, 3.63) is 17.5 Å². The summed E-state index contributed by atoms with van der Waals surface area (Å²) in [6.07, 6.45) is 1.43. The van der Waals surface area contributed by atoms with Crippen LogP contribution in [0.25, 0.3) is 0 Å². The Bertz CT molecular complexity index is 507. The number of nitriles is 2. The van der Waals surface area contributed by atoms with Gasteiger partial charge in [-0.3, -0.25) is 9.58 Å². The molecule has 1 aromatic rings. The lowest BCUT2D eigenvalue weighted by atomic mass is 10.2. The molecule has 19 heavy (non-hydrogen) atoms. The average Bonchev–Trinajstić information content (AvgIpc) is 2.72. The number of nitrogens with zero attached hydrogens (tertiary/aromatic N) is 5. The quantitative estimate of drug-likeness (QED) is 0.545. The summed E-state index contributed by atoms with van der Waals surface area (Å²) in [5.41, 5.74) is 0.995. The first kappa shape index (κ1) is 14.7. The third-order valence-corrected chi connectivity index (χ3v) is 2.52. The van der Waals surface area contributed by atoms with Crippen molar-refractivity contribution in [3.63, 3.8) is 0 Å². The maximum Gasteiger partial charge on any atom is 0.341 e. The number of hydrogen-bond donors (Lipinski definition) is 0. The Hall–Kier alpha value is -2.38. The van der Waals surface area contributed by atoms with Crippen LogP contribution < -0.4 is 0 Å². The van der Waals surface area contributed by atoms with E-state index in [1.54, 1.807) is 23.6 Å². The zero-order valence-electron chi connectivity index (χ0n) is 11.0. The van der Waals surface area contributed by atoms with Crippen molar-refractivity contribution < 1.29 is 9.53 Å². The number of aromatic nitrogens is 2. The van der Waals surface area contributed by atoms with Gasteiger partial charge in [0.05, 0.1) is 43.7 Å². The fourth-order valence-corrected chi connectivity index (χ4v) is 1.61. The van der Waals surface area contributed by atoms with Gasteiger partial charge in [0.2, 0.25) is 0 Å². The molecule has 1 aromatic heterocycles. The molecule has 1 heterocycles. The van der Waals surface area contributed by atoms with Crippen molar-refractivity contribution in [2.24, 2.45) is 7.05 Å². The highest BCUT2D eigenvalue weighted by Crippen LogP contribution is 2.12. The molecule has 0 bridgehead atoms. The lowest BCUT2D eigenvalue weighted by Gasteiger charge is -2.16. The molecule has 100 valence electrons. The minimum Gasteiger partial charge on any atom is -0.462 e. The average molecular weight is 261 g/mol. The third-order valence-electron chi connectivity index (χ3n) is 2.52. The molecule has 0 aliphatic rings. The molecular formula is C12H15N5O2. The van der Waals surface area contributed by atoms with Gasteiger partial charge in [-0.25, -0.2) is 4.79 Å². The molecule has 1 rings (SSSR count). The number of aryl methyl sites for hydroxylation is 1. The van der Waals surface area contributed by atoms with Crippen LogP contribution in [0, 0.1) is 22.7 Å². The van der Waals surface area contributed by atoms with Crippen LogP contribution in [0.2, 0.25) is 0 Å². The van der Waals surface area contributed by atoms with Crippen LogP contribution >= 0.6 is 0 Å². The number of carbonyl (C=O) groups is 1. The van der Waals surface area contributed by atoms with E-state index in [0.717, 1.165) is 0 Å². The molecule has 0 spiro atoms. The molecule has 0 N–H and O–H groups in total. The van der Waals surface area contributed by atoms with E-state index in [2.05, 4.69) is 5.10 Å². The Morgan fingerprint density at radius 1 is 1.47 bits per heavy atom. The minimum atomic E-state index is -0.445. The Labute approximate surface area is 111 Å². The van der Waals surface area contributed by atoms with E-state index in [0.29, 0.717) is 17.8 Å². The van der Waals surface area contributed by atoms with Crippen LogP contribution in [0.5, 0.6) is 0 Å². The molecule has 7 nitrogen and oxygen atoms in total. The van der Waals surface area contributed by atoms with Gasteiger partial charge in [0, 0.05) is 13.6 Å². The highest BCUT2D eigenvalue weighted by atomic mass is 16.5. The topological polar surface area (TPSA) is 94.9 Å². The predicted octanol–water partition coefficient (Wildman–Crippen LogP) is 0.446. The summed E-state index contributed by atoms with van der Waals surface area (Å²) in [5.74, 6) is -0.445. The van der Waals surface area contributed by atoms with E-state index in [1.807, 2.05) is 12.1 Å². The van der Waals surface area contributed by atoms with Crippen LogP contribution in [0.15, 0.2) is 6.20 Å². The Morgan fingerprint density at radius 2 is 2.11 bits per heavy atom. The van der Waals surface area contributed by atoms with Crippen LogP contribution in [-0.2, 0) is 18.3 Å². The second kappa shape index (κ2) is 7.14. The fourth-order valence-electron chi connectivity index (χ4n) is 1.61. The molecule has 0 amide bonds. The second-order valence-electron chi connectivity index (χ2n) is 3.81. The van der Waals surface area contributed by atoms with Crippen LogP contribution in [0.1, 0.15) is 23.0 Å². The summed E-state index contributed by atoms with van der Waals surface area (Å²) >= 11 is 0. The summed E-state index contributed by atoms with van der Waals surface area (Å²) in [6, 6.07) is 3.97. The van der Waals surface area contributed by atoms with Gasteiger partial charge in [-0.15, -0.1) is 0 Å². The van der Waals surface area contributed by atoms with Crippen molar-refractivity contribution in [3.8, 4) is 12.1 Å². The van der Waals surface area contributed by atoms with Crippen molar-refractivity contribution in [2.45, 2.75) is 13.5 Å². The number of carbonyl (C=O) groups excluding carboxylic acids is 1. The summed E-state index contributed by atoms with van der Waals surface area (Å²) < 4.78 is 6.49. The van der Waals surface area contributed by atoms with E-state index < -0.39 is 5.97 Å². The largest absolute Gasteiger partial charge is 0.462 e. The molecule has 0 unspecified atom stereocenters. The zero-order chi connectivity index (χ0) is 14.3. The van der Waals surface area contributed by atoms with Gasteiger partial charge in [0.15, 0.2) is 0 Å². The van der Waals surface area contributed by atoms with E-state index in [9.17, 15) is 4.79 Å². The van der Waals surface area contributed by atoms with Gasteiger partial charge in [-0.1, -0.05) is 0 Å². The number of rotatable bonds is 6. The molecule has 0 atom stereocenters. The maximum absolute atomic E-state index is 11.8. The van der Waals surface area contributed by atoms with Crippen LogP contribution in [-0.4, -0.2) is 40.3 Å². The van der Waals surface area contributed by atoms with Gasteiger partial charge < -0.3 is 4.74 Å². The maximum atomic E-state index is 11.8. The second-order valence-corrected chi connectivity index (χ2v) is 3.81. The molecule has 0 aliphatic heterocycles. The van der Waals surface area contributed by atoms with Crippen LogP contribution in [0.4, 0.5) is 0 Å². The standard InChI is InChI=1S/C12H15N5O2/c1-3-19-12(18)10-8-15-16(2)11(10)9-17(6-4-13)7-5-14/h8H,3,6-7,9H2,1-2H3. The van der Waals surface area contributed by atoms with E-state index in [1.165, 1.54) is 6.20 Å². The highest BCUT2D eigenvalue weighted by Gasteiger charge is 2.19. The van der Waals surface area contributed by atoms with Crippen LogP contribution in [0.3, 0.4) is 0 Å². The summed E-state index contributed by atoms with van der Waals surface area (Å²) in [6.45, 7) is 2.53. The summed E-state index contributed by atoms with van der Waals surface area (Å²) in [4.78, 5) is 13.4. The van der Waals surface area contributed by atoms with E-state index in [-0.39, 0.29) is 19.7 Å². The molecule has 0 saturated carbocycles. The summed E-state index contributed by atoms with van der Waals surface area (Å²) in [5, 5.41) is 21.4. The first-order valence-electron chi connectivity index (χ1n) is 5.78. The SMILES string of the molecule is CCOC(=O)c1cnn(C)c1CN(CC#N)CC#N. The molecule has 0 aromatic carbocycles. The normalized spacial score (nSPS) is 9.95. The van der Waals surface area contributed by atoms with Crippen molar-refractivity contribution in [1.29, 1.82) is 10.5 Å². The Balaban J connectivity index is 2.93. The van der Waals surface area contributed by atoms with E-state index in [4.69, 9.17) is 15.3 Å². The van der Waals surface area contributed by atoms with Crippen molar-refractivity contribution in [2.75, 3.05) is 19.7 Å².